The van der Waals surface area contributed by atoms with E-state index in [4.69, 9.17) is 4.74 Å². The second-order valence-corrected chi connectivity index (χ2v) is 4.20. The summed E-state index contributed by atoms with van der Waals surface area (Å²) in [5, 5.41) is 0. The molecule has 20 heavy (non-hydrogen) atoms. The minimum atomic E-state index is -0.0634. The van der Waals surface area contributed by atoms with Gasteiger partial charge in [0.05, 0.1) is 0 Å². The quantitative estimate of drug-likeness (QED) is 0.584. The van der Waals surface area contributed by atoms with Crippen molar-refractivity contribution in [3.63, 3.8) is 0 Å². The third kappa shape index (κ3) is 4.94. The second kappa shape index (κ2) is 7.74. The van der Waals surface area contributed by atoms with Gasteiger partial charge in [0.2, 0.25) is 0 Å². The van der Waals surface area contributed by atoms with Crippen LogP contribution in [0.4, 0.5) is 0 Å². The molecular weight excluding hydrogens is 248 g/mol. The fourth-order valence-corrected chi connectivity index (χ4v) is 1.61. The summed E-state index contributed by atoms with van der Waals surface area (Å²) in [5.74, 6) is 0.639. The Hall–Kier alpha value is -2.61. The van der Waals surface area contributed by atoms with E-state index in [1.807, 2.05) is 72.8 Å². The number of benzene rings is 2. The van der Waals surface area contributed by atoms with Gasteiger partial charge in [-0.05, 0) is 23.8 Å². The van der Waals surface area contributed by atoms with Crippen LogP contribution in [0, 0.1) is 0 Å². The van der Waals surface area contributed by atoms with E-state index in [1.54, 1.807) is 6.08 Å². The Morgan fingerprint density at radius 1 is 0.900 bits per heavy atom. The molecule has 0 atom stereocenters. The number of ketones is 1. The molecule has 0 saturated carbocycles. The van der Waals surface area contributed by atoms with Gasteiger partial charge in [0.25, 0.3) is 0 Å². The molecule has 0 spiro atoms. The van der Waals surface area contributed by atoms with Crippen LogP contribution < -0.4 is 4.74 Å². The first kappa shape index (κ1) is 13.8. The molecule has 0 radical (unpaired) electrons. The molecule has 100 valence electrons. The largest absolute Gasteiger partial charge is 0.485 e. The van der Waals surface area contributed by atoms with Crippen molar-refractivity contribution in [1.29, 1.82) is 0 Å². The molecule has 0 aromatic heterocycles. The molecule has 0 unspecified atom stereocenters. The summed E-state index contributed by atoms with van der Waals surface area (Å²) < 4.78 is 5.36. The molecule has 2 heteroatoms. The Morgan fingerprint density at radius 2 is 1.55 bits per heavy atom. The third-order valence-corrected chi connectivity index (χ3v) is 2.61. The number of para-hydroxylation sites is 1. The van der Waals surface area contributed by atoms with Crippen molar-refractivity contribution in [3.8, 4) is 5.75 Å². The maximum Gasteiger partial charge on any atom is 0.193 e. The van der Waals surface area contributed by atoms with Crippen molar-refractivity contribution < 1.29 is 9.53 Å². The Morgan fingerprint density at radius 3 is 2.25 bits per heavy atom. The average Bonchev–Trinajstić information content (AvgIpc) is 2.52. The average molecular weight is 264 g/mol. The van der Waals surface area contributed by atoms with Gasteiger partial charge in [0.1, 0.15) is 5.75 Å². The molecule has 0 bridgehead atoms. The first-order chi connectivity index (χ1) is 9.84. The predicted octanol–water partition coefficient (Wildman–Crippen LogP) is 3.90. The van der Waals surface area contributed by atoms with Gasteiger partial charge in [0, 0.05) is 0 Å². The van der Waals surface area contributed by atoms with E-state index in [9.17, 15) is 4.79 Å². The Labute approximate surface area is 119 Å². The summed E-state index contributed by atoms with van der Waals surface area (Å²) in [4.78, 5) is 11.6. The predicted molar refractivity (Wildman–Crippen MR) is 81.6 cm³/mol. The molecule has 0 fully saturated rings. The molecule has 0 saturated heterocycles. The highest BCUT2D eigenvalue weighted by atomic mass is 16.5. The molecule has 2 aromatic rings. The van der Waals surface area contributed by atoms with E-state index in [-0.39, 0.29) is 12.4 Å². The van der Waals surface area contributed by atoms with Crippen molar-refractivity contribution in [2.75, 3.05) is 6.61 Å². The van der Waals surface area contributed by atoms with Crippen LogP contribution in [-0.4, -0.2) is 12.4 Å². The summed E-state index contributed by atoms with van der Waals surface area (Å²) in [7, 11) is 0. The fraction of sp³-hybridized carbons (Fsp3) is 0.0556. The van der Waals surface area contributed by atoms with Crippen molar-refractivity contribution >= 4 is 11.9 Å². The van der Waals surface area contributed by atoms with Gasteiger partial charge >= 0.3 is 0 Å². The minimum absolute atomic E-state index is 0.0552. The number of allylic oxidation sites excluding steroid dienone is 2. The lowest BCUT2D eigenvalue weighted by atomic mass is 10.2. The van der Waals surface area contributed by atoms with E-state index < -0.39 is 0 Å². The smallest absolute Gasteiger partial charge is 0.193 e. The third-order valence-electron chi connectivity index (χ3n) is 2.61. The molecule has 0 N–H and O–H groups in total. The standard InChI is InChI=1S/C18H16O2/c19-17(15-20-18-13-5-2-6-14-18)12-8-7-11-16-9-3-1-4-10-16/h1-14H,15H2/b11-7+,12-8+. The Bertz CT molecular complexity index is 583. The van der Waals surface area contributed by atoms with Gasteiger partial charge in [0.15, 0.2) is 12.4 Å². The lowest BCUT2D eigenvalue weighted by Gasteiger charge is -2.01. The van der Waals surface area contributed by atoms with E-state index in [2.05, 4.69) is 0 Å². The fourth-order valence-electron chi connectivity index (χ4n) is 1.61. The molecular formula is C18H16O2. The zero-order valence-corrected chi connectivity index (χ0v) is 11.1. The first-order valence-electron chi connectivity index (χ1n) is 6.45. The van der Waals surface area contributed by atoms with Gasteiger partial charge in [-0.1, -0.05) is 66.8 Å². The van der Waals surface area contributed by atoms with Crippen molar-refractivity contribution in [3.05, 3.63) is 84.5 Å². The second-order valence-electron chi connectivity index (χ2n) is 4.20. The molecule has 2 aromatic carbocycles. The van der Waals surface area contributed by atoms with Crippen molar-refractivity contribution in [1.82, 2.24) is 0 Å². The summed E-state index contributed by atoms with van der Waals surface area (Å²) in [6.07, 6.45) is 7.03. The molecule has 0 aliphatic rings. The van der Waals surface area contributed by atoms with Crippen LogP contribution in [-0.2, 0) is 4.79 Å². The Balaban J connectivity index is 1.77. The van der Waals surface area contributed by atoms with Crippen LogP contribution >= 0.6 is 0 Å². The van der Waals surface area contributed by atoms with Crippen LogP contribution in [0.2, 0.25) is 0 Å². The van der Waals surface area contributed by atoms with Crippen LogP contribution in [0.15, 0.2) is 78.9 Å². The van der Waals surface area contributed by atoms with E-state index in [0.29, 0.717) is 5.75 Å². The van der Waals surface area contributed by atoms with E-state index in [1.165, 1.54) is 6.08 Å². The van der Waals surface area contributed by atoms with Gasteiger partial charge in [-0.25, -0.2) is 0 Å². The highest BCUT2D eigenvalue weighted by Gasteiger charge is 1.97. The van der Waals surface area contributed by atoms with E-state index >= 15 is 0 Å². The van der Waals surface area contributed by atoms with Gasteiger partial charge in [-0.3, -0.25) is 4.79 Å². The van der Waals surface area contributed by atoms with Crippen LogP contribution in [0.1, 0.15) is 5.56 Å². The molecule has 0 amide bonds. The number of rotatable bonds is 6. The SMILES string of the molecule is O=C(/C=C/C=C/c1ccccc1)COc1ccccc1. The van der Waals surface area contributed by atoms with Gasteiger partial charge in [-0.15, -0.1) is 0 Å². The van der Waals surface area contributed by atoms with Crippen LogP contribution in [0.3, 0.4) is 0 Å². The number of ether oxygens (including phenoxy) is 1. The normalized spacial score (nSPS) is 11.0. The lowest BCUT2D eigenvalue weighted by molar-refractivity contribution is -0.116. The van der Waals surface area contributed by atoms with Crippen molar-refractivity contribution in [2.24, 2.45) is 0 Å². The topological polar surface area (TPSA) is 26.3 Å². The number of hydrogen-bond donors (Lipinski definition) is 0. The summed E-state index contributed by atoms with van der Waals surface area (Å²) in [6.45, 7) is 0.0552. The Kier molecular flexibility index (Phi) is 5.35. The number of carbonyl (C=O) groups is 1. The first-order valence-corrected chi connectivity index (χ1v) is 6.45. The molecule has 0 aliphatic heterocycles. The maximum atomic E-state index is 11.6. The van der Waals surface area contributed by atoms with Crippen LogP contribution in [0.5, 0.6) is 5.75 Å². The zero-order chi connectivity index (χ0) is 14.0. The van der Waals surface area contributed by atoms with Crippen LogP contribution in [0.25, 0.3) is 6.08 Å². The van der Waals surface area contributed by atoms with Gasteiger partial charge < -0.3 is 4.74 Å². The highest BCUT2D eigenvalue weighted by molar-refractivity contribution is 5.91. The molecule has 2 nitrogen and oxygen atoms in total. The summed E-state index contributed by atoms with van der Waals surface area (Å²) in [5.41, 5.74) is 1.10. The summed E-state index contributed by atoms with van der Waals surface area (Å²) in [6, 6.07) is 19.2. The summed E-state index contributed by atoms with van der Waals surface area (Å²) >= 11 is 0. The molecule has 2 rings (SSSR count). The monoisotopic (exact) mass is 264 g/mol. The highest BCUT2D eigenvalue weighted by Crippen LogP contribution is 2.07. The minimum Gasteiger partial charge on any atom is -0.485 e. The number of hydrogen-bond acceptors (Lipinski definition) is 2. The van der Waals surface area contributed by atoms with Gasteiger partial charge in [-0.2, -0.15) is 0 Å². The lowest BCUT2D eigenvalue weighted by Crippen LogP contribution is -2.07. The zero-order valence-electron chi connectivity index (χ0n) is 11.1. The maximum absolute atomic E-state index is 11.6. The van der Waals surface area contributed by atoms with E-state index in [0.717, 1.165) is 5.56 Å². The molecule has 0 heterocycles. The van der Waals surface area contributed by atoms with Crippen molar-refractivity contribution in [2.45, 2.75) is 0 Å². The molecule has 0 aliphatic carbocycles. The number of carbonyl (C=O) groups excluding carboxylic acids is 1.